The van der Waals surface area contributed by atoms with Crippen LogP contribution in [0.25, 0.3) is 0 Å². The quantitative estimate of drug-likeness (QED) is 0.895. The number of nitrogens with two attached hydrogens (primary N) is 1. The Balaban J connectivity index is 2.42. The Morgan fingerprint density at radius 1 is 1.44 bits per heavy atom. The summed E-state index contributed by atoms with van der Waals surface area (Å²) in [5.41, 5.74) is 7.95. The van der Waals surface area contributed by atoms with Crippen molar-refractivity contribution >= 4 is 23.2 Å². The van der Waals surface area contributed by atoms with E-state index in [1.807, 2.05) is 12.1 Å². The van der Waals surface area contributed by atoms with Crippen LogP contribution < -0.4 is 5.73 Å². The second kappa shape index (κ2) is 5.76. The van der Waals surface area contributed by atoms with Crippen molar-refractivity contribution in [1.82, 2.24) is 4.90 Å². The van der Waals surface area contributed by atoms with Crippen molar-refractivity contribution in [2.24, 2.45) is 5.73 Å². The molecule has 0 aliphatic carbocycles. The molecule has 0 saturated heterocycles. The zero-order valence-corrected chi connectivity index (χ0v) is 11.9. The smallest absolute Gasteiger partial charge is 0.0587 e. The van der Waals surface area contributed by atoms with Crippen molar-refractivity contribution in [3.05, 3.63) is 33.3 Å². The van der Waals surface area contributed by atoms with Crippen molar-refractivity contribution in [2.45, 2.75) is 32.0 Å². The first-order chi connectivity index (χ1) is 8.63. The van der Waals surface area contributed by atoms with Crippen molar-refractivity contribution in [3.8, 4) is 0 Å². The van der Waals surface area contributed by atoms with Crippen LogP contribution in [0.5, 0.6) is 0 Å². The largest absolute Gasteiger partial charge is 0.395 e. The standard InChI is InChI=1S/C13H18Cl2N2O/c1-2-8(7-18)17-6-9-10(14)3-4-11(15)13(9)12(17)5-16/h3-4,8,12,18H,2,5-7,16H2,1H3. The van der Waals surface area contributed by atoms with Gasteiger partial charge in [0, 0.05) is 35.2 Å². The van der Waals surface area contributed by atoms with Gasteiger partial charge in [-0.25, -0.2) is 0 Å². The second-order valence-corrected chi connectivity index (χ2v) is 5.40. The van der Waals surface area contributed by atoms with Gasteiger partial charge in [-0.05, 0) is 29.7 Å². The average molecular weight is 289 g/mol. The Morgan fingerprint density at radius 3 is 2.67 bits per heavy atom. The first-order valence-electron chi connectivity index (χ1n) is 6.17. The normalized spacial score (nSPS) is 21.1. The van der Waals surface area contributed by atoms with E-state index in [1.54, 1.807) is 0 Å². The molecule has 1 aliphatic heterocycles. The molecule has 0 spiro atoms. The van der Waals surface area contributed by atoms with Crippen LogP contribution in [0.1, 0.15) is 30.5 Å². The van der Waals surface area contributed by atoms with Crippen molar-refractivity contribution in [2.75, 3.05) is 13.2 Å². The minimum absolute atomic E-state index is 0.0447. The van der Waals surface area contributed by atoms with E-state index in [0.29, 0.717) is 18.1 Å². The molecule has 1 aromatic rings. The van der Waals surface area contributed by atoms with Crippen LogP contribution in [0.15, 0.2) is 12.1 Å². The molecule has 0 saturated carbocycles. The van der Waals surface area contributed by atoms with Gasteiger partial charge in [-0.1, -0.05) is 30.1 Å². The maximum Gasteiger partial charge on any atom is 0.0587 e. The summed E-state index contributed by atoms with van der Waals surface area (Å²) in [7, 11) is 0. The van der Waals surface area contributed by atoms with E-state index >= 15 is 0 Å². The maximum absolute atomic E-state index is 9.47. The summed E-state index contributed by atoms with van der Waals surface area (Å²) in [5, 5.41) is 10.9. The van der Waals surface area contributed by atoms with Gasteiger partial charge in [-0.15, -0.1) is 0 Å². The third-order valence-electron chi connectivity index (χ3n) is 3.70. The number of fused-ring (bicyclic) bond motifs is 1. The molecule has 0 fully saturated rings. The molecule has 0 aromatic heterocycles. The van der Waals surface area contributed by atoms with Gasteiger partial charge >= 0.3 is 0 Å². The lowest BCUT2D eigenvalue weighted by Gasteiger charge is -2.31. The lowest BCUT2D eigenvalue weighted by molar-refractivity contribution is 0.0895. The van der Waals surface area contributed by atoms with Crippen molar-refractivity contribution in [1.29, 1.82) is 0 Å². The summed E-state index contributed by atoms with van der Waals surface area (Å²) < 4.78 is 0. The van der Waals surface area contributed by atoms with E-state index in [0.717, 1.165) is 22.6 Å². The van der Waals surface area contributed by atoms with Crippen LogP contribution in [-0.2, 0) is 6.54 Å². The molecule has 100 valence electrons. The maximum atomic E-state index is 9.47. The monoisotopic (exact) mass is 288 g/mol. The fourth-order valence-corrected chi connectivity index (χ4v) is 3.22. The highest BCUT2D eigenvalue weighted by atomic mass is 35.5. The molecule has 0 radical (unpaired) electrons. The predicted octanol–water partition coefficient (Wildman–Crippen LogP) is 2.58. The molecule has 0 bridgehead atoms. The number of benzene rings is 1. The number of hydrogen-bond donors (Lipinski definition) is 2. The molecule has 5 heteroatoms. The Bertz CT molecular complexity index is 435. The van der Waals surface area contributed by atoms with Gasteiger partial charge in [0.25, 0.3) is 0 Å². The van der Waals surface area contributed by atoms with E-state index in [1.165, 1.54) is 0 Å². The summed E-state index contributed by atoms with van der Waals surface area (Å²) in [6.45, 7) is 3.36. The first kappa shape index (κ1) is 14.1. The molecular weight excluding hydrogens is 271 g/mol. The van der Waals surface area contributed by atoms with Crippen LogP contribution >= 0.6 is 23.2 Å². The lowest BCUT2D eigenvalue weighted by atomic mass is 10.0. The highest BCUT2D eigenvalue weighted by molar-refractivity contribution is 6.34. The average Bonchev–Trinajstić information content (AvgIpc) is 2.76. The molecular formula is C13H18Cl2N2O. The SMILES string of the molecule is CCC(CO)N1Cc2c(Cl)ccc(Cl)c2C1CN. The van der Waals surface area contributed by atoms with E-state index < -0.39 is 0 Å². The minimum atomic E-state index is 0.0447. The molecule has 2 atom stereocenters. The first-order valence-corrected chi connectivity index (χ1v) is 6.93. The molecule has 0 amide bonds. The van der Waals surface area contributed by atoms with Gasteiger partial charge in [0.05, 0.1) is 6.61 Å². The number of nitrogens with zero attached hydrogens (tertiary/aromatic N) is 1. The third kappa shape index (κ3) is 2.26. The topological polar surface area (TPSA) is 49.5 Å². The van der Waals surface area contributed by atoms with Gasteiger partial charge in [0.15, 0.2) is 0 Å². The van der Waals surface area contributed by atoms with Crippen molar-refractivity contribution < 1.29 is 5.11 Å². The summed E-state index contributed by atoms with van der Waals surface area (Å²) in [6.07, 6.45) is 0.871. The second-order valence-electron chi connectivity index (χ2n) is 4.59. The summed E-state index contributed by atoms with van der Waals surface area (Å²) >= 11 is 12.5. The Labute approximate surface area is 117 Å². The number of aliphatic hydroxyl groups excluding tert-OH is 1. The number of hydrogen-bond acceptors (Lipinski definition) is 3. The van der Waals surface area contributed by atoms with E-state index in [2.05, 4.69) is 11.8 Å². The fourth-order valence-electron chi connectivity index (χ4n) is 2.69. The third-order valence-corrected chi connectivity index (χ3v) is 4.38. The molecule has 3 nitrogen and oxygen atoms in total. The van der Waals surface area contributed by atoms with Crippen LogP contribution in [-0.4, -0.2) is 29.2 Å². The summed E-state index contributed by atoms with van der Waals surface area (Å²) in [6, 6.07) is 3.77. The van der Waals surface area contributed by atoms with Gasteiger partial charge in [-0.2, -0.15) is 0 Å². The summed E-state index contributed by atoms with van der Waals surface area (Å²) in [5.74, 6) is 0. The molecule has 2 rings (SSSR count). The van der Waals surface area contributed by atoms with Gasteiger partial charge in [0.1, 0.15) is 0 Å². The van der Waals surface area contributed by atoms with Crippen LogP contribution in [0.3, 0.4) is 0 Å². The molecule has 18 heavy (non-hydrogen) atoms. The Kier molecular flexibility index (Phi) is 4.51. The van der Waals surface area contributed by atoms with Crippen LogP contribution in [0, 0.1) is 0 Å². The number of aliphatic hydroxyl groups is 1. The zero-order chi connectivity index (χ0) is 13.3. The fraction of sp³-hybridized carbons (Fsp3) is 0.538. The predicted molar refractivity (Wildman–Crippen MR) is 75.0 cm³/mol. The Hall–Kier alpha value is -0.320. The van der Waals surface area contributed by atoms with E-state index in [4.69, 9.17) is 28.9 Å². The zero-order valence-electron chi connectivity index (χ0n) is 10.4. The highest BCUT2D eigenvalue weighted by Crippen LogP contribution is 2.42. The number of rotatable bonds is 4. The van der Waals surface area contributed by atoms with Gasteiger partial charge < -0.3 is 10.8 Å². The van der Waals surface area contributed by atoms with E-state index in [-0.39, 0.29) is 18.7 Å². The van der Waals surface area contributed by atoms with Gasteiger partial charge in [-0.3, -0.25) is 4.90 Å². The number of halogens is 2. The molecule has 1 heterocycles. The molecule has 3 N–H and O–H groups in total. The molecule has 1 aromatic carbocycles. The van der Waals surface area contributed by atoms with Crippen LogP contribution in [0.2, 0.25) is 10.0 Å². The highest BCUT2D eigenvalue weighted by Gasteiger charge is 2.35. The van der Waals surface area contributed by atoms with Crippen LogP contribution in [0.4, 0.5) is 0 Å². The summed E-state index contributed by atoms with van der Waals surface area (Å²) in [4.78, 5) is 2.20. The van der Waals surface area contributed by atoms with Crippen molar-refractivity contribution in [3.63, 3.8) is 0 Å². The molecule has 2 unspecified atom stereocenters. The Morgan fingerprint density at radius 2 is 2.11 bits per heavy atom. The van der Waals surface area contributed by atoms with Gasteiger partial charge in [0.2, 0.25) is 0 Å². The minimum Gasteiger partial charge on any atom is -0.395 e. The molecule has 1 aliphatic rings. The van der Waals surface area contributed by atoms with E-state index in [9.17, 15) is 5.11 Å². The lowest BCUT2D eigenvalue weighted by Crippen LogP contribution is -2.39.